The molecule has 112 valence electrons. The topological polar surface area (TPSA) is 54.0 Å². The lowest BCUT2D eigenvalue weighted by Crippen LogP contribution is -2.33. The molecule has 2 amide bonds. The van der Waals surface area contributed by atoms with Crippen LogP contribution in [0.2, 0.25) is 4.34 Å². The molecule has 0 unspecified atom stereocenters. The van der Waals surface area contributed by atoms with E-state index in [4.69, 9.17) is 11.6 Å². The molecule has 2 heterocycles. The largest absolute Gasteiger partial charge is 0.324 e. The molecule has 0 spiro atoms. The smallest absolute Gasteiger partial charge is 0.320 e. The fourth-order valence-corrected chi connectivity index (χ4v) is 3.53. The highest BCUT2D eigenvalue weighted by Gasteiger charge is 2.19. The minimum absolute atomic E-state index is 0.293. The minimum atomic E-state index is -0.315. The van der Waals surface area contributed by atoms with E-state index in [9.17, 15) is 4.79 Å². The van der Waals surface area contributed by atoms with Gasteiger partial charge < -0.3 is 10.6 Å². The number of carbonyl (C=O) groups is 1. The molecule has 0 saturated carbocycles. The van der Waals surface area contributed by atoms with E-state index in [0.29, 0.717) is 10.0 Å². The quantitative estimate of drug-likeness (QED) is 0.712. The van der Waals surface area contributed by atoms with Crippen LogP contribution in [0.4, 0.5) is 10.5 Å². The third-order valence-electron chi connectivity index (χ3n) is 2.97. The van der Waals surface area contributed by atoms with Crippen LogP contribution in [0.5, 0.6) is 0 Å². The molecule has 0 bridgehead atoms. The summed E-state index contributed by atoms with van der Waals surface area (Å²) in [7, 11) is 0. The number of thiazole rings is 1. The average Bonchev–Trinajstić information content (AvgIpc) is 3.18. The highest BCUT2D eigenvalue weighted by Crippen LogP contribution is 2.28. The van der Waals surface area contributed by atoms with Crippen LogP contribution in [0.3, 0.4) is 0 Å². The van der Waals surface area contributed by atoms with Crippen molar-refractivity contribution in [1.82, 2.24) is 10.3 Å². The molecule has 7 heteroatoms. The van der Waals surface area contributed by atoms with Gasteiger partial charge in [0.15, 0.2) is 0 Å². The van der Waals surface area contributed by atoms with E-state index < -0.39 is 0 Å². The van der Waals surface area contributed by atoms with Crippen LogP contribution in [0.1, 0.15) is 16.6 Å². The van der Waals surface area contributed by atoms with Crippen LogP contribution in [0.25, 0.3) is 0 Å². The third kappa shape index (κ3) is 3.47. The molecule has 22 heavy (non-hydrogen) atoms. The molecule has 1 atom stereocenters. The molecule has 0 radical (unpaired) electrons. The van der Waals surface area contributed by atoms with Gasteiger partial charge in [0.2, 0.25) is 0 Å². The maximum Gasteiger partial charge on any atom is 0.320 e. The number of halogens is 1. The van der Waals surface area contributed by atoms with Crippen molar-refractivity contribution in [3.8, 4) is 0 Å². The Labute approximate surface area is 140 Å². The Kier molecular flexibility index (Phi) is 4.72. The molecular formula is C15H12ClN3OS2. The Morgan fingerprint density at radius 2 is 1.95 bits per heavy atom. The third-order valence-corrected chi connectivity index (χ3v) is 4.98. The molecule has 0 saturated heterocycles. The lowest BCUT2D eigenvalue weighted by Gasteiger charge is -2.17. The normalized spacial score (nSPS) is 11.9. The molecule has 4 nitrogen and oxygen atoms in total. The number of urea groups is 1. The molecule has 2 aromatic heterocycles. The van der Waals surface area contributed by atoms with Gasteiger partial charge in [-0.05, 0) is 17.0 Å². The summed E-state index contributed by atoms with van der Waals surface area (Å²) in [5.74, 6) is 0. The number of rotatable bonds is 4. The summed E-state index contributed by atoms with van der Waals surface area (Å²) in [4.78, 5) is 16.6. The predicted octanol–water partition coefficient (Wildman–Crippen LogP) is 4.77. The molecule has 0 aliphatic heterocycles. The van der Waals surface area contributed by atoms with Gasteiger partial charge in [-0.1, -0.05) is 41.9 Å². The minimum Gasteiger partial charge on any atom is -0.324 e. The first-order valence-corrected chi connectivity index (χ1v) is 8.62. The van der Waals surface area contributed by atoms with Crippen LogP contribution < -0.4 is 10.6 Å². The molecular weight excluding hydrogens is 338 g/mol. The van der Waals surface area contributed by atoms with Crippen molar-refractivity contribution in [2.45, 2.75) is 6.04 Å². The summed E-state index contributed by atoms with van der Waals surface area (Å²) in [5, 5.41) is 10.3. The maximum absolute atomic E-state index is 12.2. The Morgan fingerprint density at radius 1 is 1.14 bits per heavy atom. The molecule has 2 N–H and O–H groups in total. The standard InChI is InChI=1S/C15H12ClN3OS2/c16-13-11(6-8-21-13)18-15(20)19-12(14-17-7-9-22-14)10-4-2-1-3-5-10/h1-9,12H,(H2,18,19,20)/t12-/m0/s1. The monoisotopic (exact) mass is 349 g/mol. The summed E-state index contributed by atoms with van der Waals surface area (Å²) in [6.07, 6.45) is 1.73. The van der Waals surface area contributed by atoms with Gasteiger partial charge >= 0.3 is 6.03 Å². The summed E-state index contributed by atoms with van der Waals surface area (Å²) in [6, 6.07) is 10.9. The first-order valence-electron chi connectivity index (χ1n) is 6.49. The maximum atomic E-state index is 12.2. The molecule has 1 aromatic carbocycles. The summed E-state index contributed by atoms with van der Waals surface area (Å²) in [5.41, 5.74) is 1.58. The second kappa shape index (κ2) is 6.91. The van der Waals surface area contributed by atoms with Crippen molar-refractivity contribution in [2.75, 3.05) is 5.32 Å². The van der Waals surface area contributed by atoms with Crippen molar-refractivity contribution in [2.24, 2.45) is 0 Å². The van der Waals surface area contributed by atoms with Crippen LogP contribution >= 0.6 is 34.3 Å². The zero-order valence-corrected chi connectivity index (χ0v) is 13.7. The lowest BCUT2D eigenvalue weighted by molar-refractivity contribution is 0.250. The Bertz CT molecular complexity index is 743. The first-order chi connectivity index (χ1) is 10.7. The van der Waals surface area contributed by atoms with E-state index in [0.717, 1.165) is 10.6 Å². The van der Waals surface area contributed by atoms with Gasteiger partial charge in [0.05, 0.1) is 5.69 Å². The predicted molar refractivity (Wildman–Crippen MR) is 91.9 cm³/mol. The van der Waals surface area contributed by atoms with Gasteiger partial charge in [-0.3, -0.25) is 0 Å². The van der Waals surface area contributed by atoms with Gasteiger partial charge in [-0.25, -0.2) is 9.78 Å². The van der Waals surface area contributed by atoms with Crippen molar-refractivity contribution in [3.05, 3.63) is 68.3 Å². The molecule has 3 aromatic rings. The van der Waals surface area contributed by atoms with Crippen LogP contribution in [0, 0.1) is 0 Å². The van der Waals surface area contributed by atoms with Crippen molar-refractivity contribution in [1.29, 1.82) is 0 Å². The van der Waals surface area contributed by atoms with Crippen molar-refractivity contribution < 1.29 is 4.79 Å². The summed E-state index contributed by atoms with van der Waals surface area (Å²) in [6.45, 7) is 0. The number of hydrogen-bond acceptors (Lipinski definition) is 4. The molecule has 0 fully saturated rings. The van der Waals surface area contributed by atoms with E-state index in [2.05, 4.69) is 15.6 Å². The Balaban J connectivity index is 1.79. The molecule has 0 aliphatic rings. The number of nitrogens with one attached hydrogen (secondary N) is 2. The number of amides is 2. The second-order valence-electron chi connectivity index (χ2n) is 4.42. The molecule has 3 rings (SSSR count). The fraction of sp³-hybridized carbons (Fsp3) is 0.0667. The van der Waals surface area contributed by atoms with E-state index in [1.807, 2.05) is 41.1 Å². The van der Waals surface area contributed by atoms with Crippen LogP contribution in [-0.2, 0) is 0 Å². The SMILES string of the molecule is O=C(Nc1ccsc1Cl)N[C@@H](c1ccccc1)c1nccs1. The highest BCUT2D eigenvalue weighted by atomic mass is 35.5. The highest BCUT2D eigenvalue weighted by molar-refractivity contribution is 7.15. The second-order valence-corrected chi connectivity index (χ2v) is 6.86. The van der Waals surface area contributed by atoms with Crippen LogP contribution in [-0.4, -0.2) is 11.0 Å². The van der Waals surface area contributed by atoms with E-state index in [1.54, 1.807) is 12.3 Å². The van der Waals surface area contributed by atoms with E-state index >= 15 is 0 Å². The Hall–Kier alpha value is -1.89. The number of thiophene rings is 1. The number of carbonyl (C=O) groups excluding carboxylic acids is 1. The summed E-state index contributed by atoms with van der Waals surface area (Å²) < 4.78 is 0.556. The summed E-state index contributed by atoms with van der Waals surface area (Å²) >= 11 is 8.88. The van der Waals surface area contributed by atoms with Crippen molar-refractivity contribution in [3.63, 3.8) is 0 Å². The zero-order valence-electron chi connectivity index (χ0n) is 11.3. The van der Waals surface area contributed by atoms with Gasteiger partial charge in [0.25, 0.3) is 0 Å². The number of anilines is 1. The van der Waals surface area contributed by atoms with Crippen LogP contribution in [0.15, 0.2) is 53.4 Å². The van der Waals surface area contributed by atoms with E-state index in [1.165, 1.54) is 22.7 Å². The average molecular weight is 350 g/mol. The number of benzene rings is 1. The van der Waals surface area contributed by atoms with Gasteiger partial charge in [-0.15, -0.1) is 22.7 Å². The first kappa shape index (κ1) is 15.0. The van der Waals surface area contributed by atoms with Crippen molar-refractivity contribution >= 4 is 46.0 Å². The molecule has 0 aliphatic carbocycles. The number of nitrogens with zero attached hydrogens (tertiary/aromatic N) is 1. The van der Waals surface area contributed by atoms with Gasteiger partial charge in [0.1, 0.15) is 15.4 Å². The lowest BCUT2D eigenvalue weighted by atomic mass is 10.1. The number of hydrogen-bond donors (Lipinski definition) is 2. The number of aromatic nitrogens is 1. The fourth-order valence-electron chi connectivity index (χ4n) is 1.98. The van der Waals surface area contributed by atoms with Gasteiger partial charge in [-0.2, -0.15) is 0 Å². The zero-order chi connectivity index (χ0) is 15.4. The van der Waals surface area contributed by atoms with Gasteiger partial charge in [0, 0.05) is 11.6 Å². The Morgan fingerprint density at radius 3 is 2.59 bits per heavy atom. The van der Waals surface area contributed by atoms with E-state index in [-0.39, 0.29) is 12.1 Å².